The number of hydrogen-bond donors (Lipinski definition) is 2. The van der Waals surface area contributed by atoms with Crippen LogP contribution in [0.2, 0.25) is 0 Å². The van der Waals surface area contributed by atoms with E-state index < -0.39 is 11.9 Å². The Hall–Kier alpha value is -3.93. The molecule has 6 heteroatoms. The number of benzene rings is 3. The van der Waals surface area contributed by atoms with E-state index in [1.807, 2.05) is 42.5 Å². The van der Waals surface area contributed by atoms with E-state index in [2.05, 4.69) is 15.4 Å². The molecular weight excluding hydrogens is 368 g/mol. The van der Waals surface area contributed by atoms with Gasteiger partial charge in [-0.3, -0.25) is 14.4 Å². The van der Waals surface area contributed by atoms with Gasteiger partial charge >= 0.3 is 5.97 Å². The molecule has 0 spiro atoms. The molecule has 0 saturated heterocycles. The Kier molecular flexibility index (Phi) is 6.37. The second-order valence-corrected chi connectivity index (χ2v) is 6.23. The van der Waals surface area contributed by atoms with E-state index in [0.29, 0.717) is 16.8 Å². The normalized spacial score (nSPS) is 10.1. The maximum atomic E-state index is 12.4. The number of carbonyl (C=O) groups excluding carboxylic acids is 3. The molecular formula is C23H20N2O4. The van der Waals surface area contributed by atoms with Gasteiger partial charge in [0.2, 0.25) is 0 Å². The number of esters is 1. The Labute approximate surface area is 168 Å². The summed E-state index contributed by atoms with van der Waals surface area (Å²) in [7, 11) is 1.25. The number of rotatable bonds is 6. The van der Waals surface area contributed by atoms with E-state index in [4.69, 9.17) is 0 Å². The number of ether oxygens (including phenoxy) is 1. The summed E-state index contributed by atoms with van der Waals surface area (Å²) in [4.78, 5) is 35.5. The van der Waals surface area contributed by atoms with Gasteiger partial charge in [-0.25, -0.2) is 0 Å². The van der Waals surface area contributed by atoms with Gasteiger partial charge in [-0.15, -0.1) is 0 Å². The van der Waals surface area contributed by atoms with E-state index in [9.17, 15) is 14.4 Å². The van der Waals surface area contributed by atoms with Crippen molar-refractivity contribution >= 4 is 23.5 Å². The van der Waals surface area contributed by atoms with Crippen LogP contribution in [0.5, 0.6) is 0 Å². The highest BCUT2D eigenvalue weighted by molar-refractivity contribution is 6.05. The van der Waals surface area contributed by atoms with Gasteiger partial charge in [-0.1, -0.05) is 42.5 Å². The highest BCUT2D eigenvalue weighted by Crippen LogP contribution is 2.20. The third-order valence-electron chi connectivity index (χ3n) is 4.28. The molecule has 0 bridgehead atoms. The minimum atomic E-state index is -0.527. The molecule has 29 heavy (non-hydrogen) atoms. The minimum Gasteiger partial charge on any atom is -0.468 e. The number of amides is 2. The summed E-state index contributed by atoms with van der Waals surface area (Å²) < 4.78 is 4.47. The van der Waals surface area contributed by atoms with Crippen LogP contribution in [0.25, 0.3) is 11.1 Å². The standard InChI is InChI=1S/C23H20N2O4/c1-29-21(26)15-24-22(27)18-11-13-20(14-12-18)25-23(28)19-9-7-17(8-10-19)16-5-3-2-4-6-16/h2-14H,15H2,1H3,(H,24,27)(H,25,28). The molecule has 0 saturated carbocycles. The van der Waals surface area contributed by atoms with Crippen molar-refractivity contribution < 1.29 is 19.1 Å². The molecule has 0 aliphatic carbocycles. The summed E-state index contributed by atoms with van der Waals surface area (Å²) in [6.45, 7) is -0.202. The van der Waals surface area contributed by atoms with Gasteiger partial charge in [-0.2, -0.15) is 0 Å². The molecule has 0 radical (unpaired) electrons. The molecule has 0 unspecified atom stereocenters. The largest absolute Gasteiger partial charge is 0.468 e. The monoisotopic (exact) mass is 388 g/mol. The smallest absolute Gasteiger partial charge is 0.325 e. The number of nitrogens with one attached hydrogen (secondary N) is 2. The summed E-state index contributed by atoms with van der Waals surface area (Å²) in [5.41, 5.74) is 3.58. The van der Waals surface area contributed by atoms with Crippen molar-refractivity contribution in [2.24, 2.45) is 0 Å². The van der Waals surface area contributed by atoms with Crippen molar-refractivity contribution in [2.45, 2.75) is 0 Å². The van der Waals surface area contributed by atoms with Crippen molar-refractivity contribution in [3.63, 3.8) is 0 Å². The van der Waals surface area contributed by atoms with Crippen molar-refractivity contribution in [1.82, 2.24) is 5.32 Å². The first-order valence-electron chi connectivity index (χ1n) is 8.99. The van der Waals surface area contributed by atoms with Crippen molar-refractivity contribution in [3.05, 3.63) is 90.0 Å². The van der Waals surface area contributed by atoms with Gasteiger partial charge in [0.15, 0.2) is 0 Å². The molecule has 3 aromatic carbocycles. The summed E-state index contributed by atoms with van der Waals surface area (Å²) in [6, 6.07) is 23.7. The van der Waals surface area contributed by atoms with Gasteiger partial charge in [-0.05, 0) is 47.5 Å². The SMILES string of the molecule is COC(=O)CNC(=O)c1ccc(NC(=O)c2ccc(-c3ccccc3)cc2)cc1. The average molecular weight is 388 g/mol. The van der Waals surface area contributed by atoms with Crippen LogP contribution in [-0.2, 0) is 9.53 Å². The first-order chi connectivity index (χ1) is 14.1. The second kappa shape index (κ2) is 9.32. The van der Waals surface area contributed by atoms with Gasteiger partial charge in [0, 0.05) is 16.8 Å². The summed E-state index contributed by atoms with van der Waals surface area (Å²) in [6.07, 6.45) is 0. The lowest BCUT2D eigenvalue weighted by Gasteiger charge is -2.08. The molecule has 0 aromatic heterocycles. The van der Waals surface area contributed by atoms with E-state index in [1.54, 1.807) is 36.4 Å². The number of anilines is 1. The zero-order valence-electron chi connectivity index (χ0n) is 15.8. The van der Waals surface area contributed by atoms with Crippen molar-refractivity contribution in [2.75, 3.05) is 19.0 Å². The van der Waals surface area contributed by atoms with Gasteiger partial charge < -0.3 is 15.4 Å². The fourth-order valence-corrected chi connectivity index (χ4v) is 2.68. The molecule has 3 rings (SSSR count). The van der Waals surface area contributed by atoms with Crippen LogP contribution in [0.4, 0.5) is 5.69 Å². The van der Waals surface area contributed by atoms with Crippen LogP contribution in [0.15, 0.2) is 78.9 Å². The molecule has 146 valence electrons. The van der Waals surface area contributed by atoms with E-state index >= 15 is 0 Å². The first kappa shape index (κ1) is 19.8. The van der Waals surface area contributed by atoms with Gasteiger partial charge in [0.1, 0.15) is 6.54 Å². The predicted molar refractivity (Wildman–Crippen MR) is 111 cm³/mol. The topological polar surface area (TPSA) is 84.5 Å². The van der Waals surface area contributed by atoms with Crippen LogP contribution < -0.4 is 10.6 Å². The minimum absolute atomic E-state index is 0.202. The molecule has 0 heterocycles. The van der Waals surface area contributed by atoms with Crippen LogP contribution in [-0.4, -0.2) is 31.4 Å². The third kappa shape index (κ3) is 5.29. The molecule has 3 aromatic rings. The number of methoxy groups -OCH3 is 1. The molecule has 0 atom stereocenters. The van der Waals surface area contributed by atoms with E-state index in [1.165, 1.54) is 7.11 Å². The lowest BCUT2D eigenvalue weighted by atomic mass is 10.0. The highest BCUT2D eigenvalue weighted by atomic mass is 16.5. The molecule has 0 fully saturated rings. The Balaban J connectivity index is 1.60. The fraction of sp³-hybridized carbons (Fsp3) is 0.0870. The van der Waals surface area contributed by atoms with E-state index in [-0.39, 0.29) is 12.5 Å². The number of hydrogen-bond acceptors (Lipinski definition) is 4. The Morgan fingerprint density at radius 2 is 1.28 bits per heavy atom. The zero-order chi connectivity index (χ0) is 20.6. The predicted octanol–water partition coefficient (Wildman–Crippen LogP) is 3.51. The van der Waals surface area contributed by atoms with Gasteiger partial charge in [0.05, 0.1) is 7.11 Å². The molecule has 0 aliphatic rings. The maximum Gasteiger partial charge on any atom is 0.325 e. The fourth-order valence-electron chi connectivity index (χ4n) is 2.68. The quantitative estimate of drug-likeness (QED) is 0.633. The molecule has 2 amide bonds. The Bertz CT molecular complexity index is 997. The Morgan fingerprint density at radius 3 is 1.90 bits per heavy atom. The summed E-state index contributed by atoms with van der Waals surface area (Å²) in [5, 5.41) is 5.25. The average Bonchev–Trinajstić information content (AvgIpc) is 2.78. The number of carbonyl (C=O) groups is 3. The van der Waals surface area contributed by atoms with Crippen LogP contribution in [0, 0.1) is 0 Å². The van der Waals surface area contributed by atoms with Crippen LogP contribution in [0.1, 0.15) is 20.7 Å². The summed E-state index contributed by atoms with van der Waals surface area (Å²) >= 11 is 0. The van der Waals surface area contributed by atoms with Crippen LogP contribution >= 0.6 is 0 Å². The zero-order valence-corrected chi connectivity index (χ0v) is 15.8. The maximum absolute atomic E-state index is 12.4. The van der Waals surface area contributed by atoms with E-state index in [0.717, 1.165) is 11.1 Å². The van der Waals surface area contributed by atoms with Gasteiger partial charge in [0.25, 0.3) is 11.8 Å². The molecule has 2 N–H and O–H groups in total. The van der Waals surface area contributed by atoms with Crippen molar-refractivity contribution in [3.8, 4) is 11.1 Å². The van der Waals surface area contributed by atoms with Crippen LogP contribution in [0.3, 0.4) is 0 Å². The summed E-state index contributed by atoms with van der Waals surface area (Å²) in [5.74, 6) is -1.17. The highest BCUT2D eigenvalue weighted by Gasteiger charge is 2.10. The lowest BCUT2D eigenvalue weighted by molar-refractivity contribution is -0.139. The lowest BCUT2D eigenvalue weighted by Crippen LogP contribution is -2.30. The van der Waals surface area contributed by atoms with Crippen molar-refractivity contribution in [1.29, 1.82) is 0 Å². The molecule has 6 nitrogen and oxygen atoms in total. The molecule has 0 aliphatic heterocycles. The third-order valence-corrected chi connectivity index (χ3v) is 4.28. The second-order valence-electron chi connectivity index (χ2n) is 6.23. The Morgan fingerprint density at radius 1 is 0.724 bits per heavy atom. The first-order valence-corrected chi connectivity index (χ1v) is 8.99.